The highest BCUT2D eigenvalue weighted by Crippen LogP contribution is 2.22. The summed E-state index contributed by atoms with van der Waals surface area (Å²) in [6.45, 7) is 2.45. The van der Waals surface area contributed by atoms with E-state index in [1.54, 1.807) is 0 Å². The lowest BCUT2D eigenvalue weighted by molar-refractivity contribution is 0.0300. The van der Waals surface area contributed by atoms with Crippen LogP contribution in [0.4, 0.5) is 0 Å². The number of hydrogen-bond acceptors (Lipinski definition) is 2. The summed E-state index contributed by atoms with van der Waals surface area (Å²) in [4.78, 5) is 1.97. The van der Waals surface area contributed by atoms with Gasteiger partial charge in [0.25, 0.3) is 0 Å². The number of nitrogens with zero attached hydrogens (tertiary/aromatic N) is 1. The van der Waals surface area contributed by atoms with Gasteiger partial charge in [0.15, 0.2) is 0 Å². The van der Waals surface area contributed by atoms with Crippen LogP contribution in [0.5, 0.6) is 0 Å². The van der Waals surface area contributed by atoms with Crippen molar-refractivity contribution in [2.24, 2.45) is 0 Å². The second-order valence-corrected chi connectivity index (χ2v) is 4.93. The fourth-order valence-electron chi connectivity index (χ4n) is 1.52. The lowest BCUT2D eigenvalue weighted by atomic mass is 9.96. The molecule has 0 aliphatic rings. The predicted octanol–water partition coefficient (Wildman–Crippen LogP) is 2.22. The summed E-state index contributed by atoms with van der Waals surface area (Å²) in [5, 5.41) is 10.2. The summed E-state index contributed by atoms with van der Waals surface area (Å²) in [7, 11) is 3.90. The van der Waals surface area contributed by atoms with Crippen molar-refractivity contribution in [1.82, 2.24) is 4.90 Å². The van der Waals surface area contributed by atoms with Crippen molar-refractivity contribution in [3.8, 4) is 0 Å². The zero-order valence-corrected chi connectivity index (χ0v) is 10.4. The van der Waals surface area contributed by atoms with E-state index in [1.807, 2.05) is 50.2 Å². The van der Waals surface area contributed by atoms with Crippen LogP contribution in [0.2, 0.25) is 0 Å². The molecule has 0 spiro atoms. The first-order valence-corrected chi connectivity index (χ1v) is 5.34. The second kappa shape index (κ2) is 4.43. The van der Waals surface area contributed by atoms with Crippen LogP contribution in [0.25, 0.3) is 0 Å². The van der Waals surface area contributed by atoms with Gasteiger partial charge in [-0.3, -0.25) is 0 Å². The molecule has 0 aliphatic heterocycles. The second-order valence-electron chi connectivity index (χ2n) is 4.02. The third-order valence-corrected chi connectivity index (χ3v) is 2.62. The van der Waals surface area contributed by atoms with Crippen molar-refractivity contribution in [1.29, 1.82) is 0 Å². The first kappa shape index (κ1) is 11.7. The van der Waals surface area contributed by atoms with Gasteiger partial charge < -0.3 is 10.0 Å². The number of likely N-dealkylation sites (N-methyl/N-ethyl adjacent to an activating group) is 1. The molecule has 0 saturated carbocycles. The maximum atomic E-state index is 10.2. The molecule has 1 aromatic carbocycles. The standard InChI is InChI=1S/C11H16BrNO/c1-11(14,8-13(2)3)9-4-6-10(12)7-5-9/h4-7,14H,8H2,1-3H3/t11-/m1/s1. The largest absolute Gasteiger partial charge is 0.384 e. The molecule has 1 N–H and O–H groups in total. The molecule has 1 atom stereocenters. The number of rotatable bonds is 3. The van der Waals surface area contributed by atoms with Crippen molar-refractivity contribution in [2.75, 3.05) is 20.6 Å². The number of aliphatic hydroxyl groups is 1. The fourth-order valence-corrected chi connectivity index (χ4v) is 1.78. The molecule has 3 heteroatoms. The summed E-state index contributed by atoms with van der Waals surface area (Å²) in [5.41, 5.74) is 0.152. The van der Waals surface area contributed by atoms with Gasteiger partial charge in [-0.05, 0) is 38.7 Å². The Labute approximate surface area is 93.7 Å². The third kappa shape index (κ3) is 3.08. The van der Waals surface area contributed by atoms with E-state index in [4.69, 9.17) is 0 Å². The molecule has 1 rings (SSSR count). The molecule has 0 saturated heterocycles. The van der Waals surface area contributed by atoms with Gasteiger partial charge >= 0.3 is 0 Å². The fraction of sp³-hybridized carbons (Fsp3) is 0.455. The van der Waals surface area contributed by atoms with Gasteiger partial charge in [-0.15, -0.1) is 0 Å². The highest BCUT2D eigenvalue weighted by Gasteiger charge is 2.23. The molecule has 0 heterocycles. The van der Waals surface area contributed by atoms with Crippen molar-refractivity contribution in [3.05, 3.63) is 34.3 Å². The Hall–Kier alpha value is -0.380. The highest BCUT2D eigenvalue weighted by atomic mass is 79.9. The van der Waals surface area contributed by atoms with Crippen LogP contribution < -0.4 is 0 Å². The van der Waals surface area contributed by atoms with E-state index in [2.05, 4.69) is 15.9 Å². The summed E-state index contributed by atoms with van der Waals surface area (Å²) < 4.78 is 1.03. The Morgan fingerprint density at radius 1 is 1.29 bits per heavy atom. The molecule has 0 aliphatic carbocycles. The van der Waals surface area contributed by atoms with Crippen molar-refractivity contribution in [2.45, 2.75) is 12.5 Å². The van der Waals surface area contributed by atoms with Gasteiger partial charge in [0, 0.05) is 11.0 Å². The van der Waals surface area contributed by atoms with Gasteiger partial charge in [0.05, 0.1) is 5.60 Å². The normalized spacial score (nSPS) is 15.6. The number of benzene rings is 1. The van der Waals surface area contributed by atoms with Crippen LogP contribution >= 0.6 is 15.9 Å². The zero-order chi connectivity index (χ0) is 10.8. The van der Waals surface area contributed by atoms with Gasteiger partial charge in [0.2, 0.25) is 0 Å². The van der Waals surface area contributed by atoms with Crippen LogP contribution in [0, 0.1) is 0 Å². The molecule has 1 aromatic rings. The molecule has 0 fully saturated rings. The average molecular weight is 258 g/mol. The lowest BCUT2D eigenvalue weighted by Gasteiger charge is -2.27. The number of halogens is 1. The van der Waals surface area contributed by atoms with Crippen LogP contribution in [0.3, 0.4) is 0 Å². The summed E-state index contributed by atoms with van der Waals surface area (Å²) in [6, 6.07) is 7.76. The van der Waals surface area contributed by atoms with Crippen LogP contribution in [0.1, 0.15) is 12.5 Å². The topological polar surface area (TPSA) is 23.5 Å². The van der Waals surface area contributed by atoms with E-state index < -0.39 is 5.60 Å². The van der Waals surface area contributed by atoms with E-state index in [-0.39, 0.29) is 0 Å². The summed E-state index contributed by atoms with van der Waals surface area (Å²) in [6.07, 6.45) is 0. The minimum Gasteiger partial charge on any atom is -0.384 e. The molecule has 0 amide bonds. The smallest absolute Gasteiger partial charge is 0.0994 e. The molecular formula is C11H16BrNO. The van der Waals surface area contributed by atoms with Gasteiger partial charge in [-0.2, -0.15) is 0 Å². The molecule has 0 bridgehead atoms. The molecule has 0 aromatic heterocycles. The molecule has 14 heavy (non-hydrogen) atoms. The Balaban J connectivity index is 2.86. The molecule has 2 nitrogen and oxygen atoms in total. The van der Waals surface area contributed by atoms with Crippen LogP contribution in [-0.4, -0.2) is 30.6 Å². The minimum absolute atomic E-state index is 0.620. The van der Waals surface area contributed by atoms with Gasteiger partial charge in [0.1, 0.15) is 0 Å². The Kier molecular flexibility index (Phi) is 3.70. The molecule has 78 valence electrons. The van der Waals surface area contributed by atoms with Gasteiger partial charge in [-0.25, -0.2) is 0 Å². The SMILES string of the molecule is CN(C)C[C@@](C)(O)c1ccc(Br)cc1. The number of hydrogen-bond donors (Lipinski definition) is 1. The molecule has 0 radical (unpaired) electrons. The van der Waals surface area contributed by atoms with Crippen LogP contribution in [0.15, 0.2) is 28.7 Å². The Morgan fingerprint density at radius 2 is 1.79 bits per heavy atom. The van der Waals surface area contributed by atoms with Crippen LogP contribution in [-0.2, 0) is 5.60 Å². The monoisotopic (exact) mass is 257 g/mol. The molecule has 0 unspecified atom stereocenters. The average Bonchev–Trinajstić information content (AvgIpc) is 2.02. The highest BCUT2D eigenvalue weighted by molar-refractivity contribution is 9.10. The summed E-state index contributed by atoms with van der Waals surface area (Å²) in [5.74, 6) is 0. The van der Waals surface area contributed by atoms with Gasteiger partial charge in [-0.1, -0.05) is 28.1 Å². The maximum absolute atomic E-state index is 10.2. The first-order valence-electron chi connectivity index (χ1n) is 4.55. The quantitative estimate of drug-likeness (QED) is 0.898. The van der Waals surface area contributed by atoms with E-state index in [9.17, 15) is 5.11 Å². The predicted molar refractivity (Wildman–Crippen MR) is 62.3 cm³/mol. The Morgan fingerprint density at radius 3 is 2.21 bits per heavy atom. The minimum atomic E-state index is -0.788. The zero-order valence-electron chi connectivity index (χ0n) is 8.79. The van der Waals surface area contributed by atoms with E-state index in [0.717, 1.165) is 10.0 Å². The van der Waals surface area contributed by atoms with Crippen molar-refractivity contribution in [3.63, 3.8) is 0 Å². The Bertz CT molecular complexity index is 293. The summed E-state index contributed by atoms with van der Waals surface area (Å²) >= 11 is 3.37. The third-order valence-electron chi connectivity index (χ3n) is 2.09. The van der Waals surface area contributed by atoms with Crippen molar-refractivity contribution >= 4 is 15.9 Å². The van der Waals surface area contributed by atoms with Crippen molar-refractivity contribution < 1.29 is 5.11 Å². The first-order chi connectivity index (χ1) is 6.42. The van der Waals surface area contributed by atoms with E-state index in [1.165, 1.54) is 0 Å². The van der Waals surface area contributed by atoms with E-state index >= 15 is 0 Å². The maximum Gasteiger partial charge on any atom is 0.0994 e. The molecular weight excluding hydrogens is 242 g/mol. The lowest BCUT2D eigenvalue weighted by Crippen LogP contribution is -2.34. The van der Waals surface area contributed by atoms with E-state index in [0.29, 0.717) is 6.54 Å².